The summed E-state index contributed by atoms with van der Waals surface area (Å²) in [4.78, 5) is 12.7. The largest absolute Gasteiger partial charge is 0.334 e. The van der Waals surface area contributed by atoms with Gasteiger partial charge in [0.25, 0.3) is 0 Å². The fourth-order valence-electron chi connectivity index (χ4n) is 3.69. The summed E-state index contributed by atoms with van der Waals surface area (Å²) in [6, 6.07) is 30.5. The second kappa shape index (κ2) is 13.9. The standard InChI is InChI=1S/3C10H10N2.Ir/c3*1-12-8-7-11-10(12)9-5-3-2-4-6-9;/h3*2-8H,1H3;. The molecule has 0 aliphatic heterocycles. The summed E-state index contributed by atoms with van der Waals surface area (Å²) in [7, 11) is 5.99. The molecule has 0 N–H and O–H groups in total. The summed E-state index contributed by atoms with van der Waals surface area (Å²) in [5.74, 6) is 3.03. The van der Waals surface area contributed by atoms with Gasteiger partial charge in [-0.3, -0.25) is 0 Å². The van der Waals surface area contributed by atoms with E-state index in [1.165, 1.54) is 0 Å². The van der Waals surface area contributed by atoms with E-state index in [1.807, 2.05) is 127 Å². The average Bonchev–Trinajstić information content (AvgIpc) is 3.67. The third-order valence-corrected chi connectivity index (χ3v) is 5.56. The smallest absolute Gasteiger partial charge is 0.139 e. The number of rotatable bonds is 3. The fraction of sp³-hybridized carbons (Fsp3) is 0.100. The van der Waals surface area contributed by atoms with Crippen LogP contribution in [0.3, 0.4) is 0 Å². The zero-order valence-electron chi connectivity index (χ0n) is 21.1. The molecule has 0 unspecified atom stereocenters. The molecule has 0 bridgehead atoms. The first-order chi connectivity index (χ1) is 17.6. The molecule has 0 amide bonds. The van der Waals surface area contributed by atoms with Crippen LogP contribution in [0.5, 0.6) is 0 Å². The van der Waals surface area contributed by atoms with Gasteiger partial charge >= 0.3 is 0 Å². The van der Waals surface area contributed by atoms with E-state index in [0.717, 1.165) is 34.2 Å². The molecule has 0 spiro atoms. The molecular weight excluding hydrogens is 637 g/mol. The van der Waals surface area contributed by atoms with Crippen molar-refractivity contribution in [3.63, 3.8) is 0 Å². The molecule has 189 valence electrons. The van der Waals surface area contributed by atoms with Gasteiger partial charge in [-0.15, -0.1) is 0 Å². The fourth-order valence-corrected chi connectivity index (χ4v) is 3.69. The van der Waals surface area contributed by atoms with Crippen LogP contribution in [0.2, 0.25) is 0 Å². The molecule has 0 saturated carbocycles. The van der Waals surface area contributed by atoms with Crippen molar-refractivity contribution in [1.82, 2.24) is 28.7 Å². The summed E-state index contributed by atoms with van der Waals surface area (Å²) < 4.78 is 6.03. The number of benzene rings is 3. The van der Waals surface area contributed by atoms with Gasteiger partial charge in [-0.1, -0.05) is 91.0 Å². The van der Waals surface area contributed by atoms with Crippen LogP contribution < -0.4 is 0 Å². The molecule has 0 atom stereocenters. The Hall–Kier alpha value is -4.06. The van der Waals surface area contributed by atoms with Gasteiger partial charge in [-0.2, -0.15) is 0 Å². The van der Waals surface area contributed by atoms with Gasteiger partial charge in [-0.25, -0.2) is 15.0 Å². The van der Waals surface area contributed by atoms with Gasteiger partial charge in [0.1, 0.15) is 17.5 Å². The minimum atomic E-state index is 0. The number of aryl methyl sites for hydroxylation is 3. The molecule has 3 heterocycles. The maximum Gasteiger partial charge on any atom is 0.139 e. The molecule has 0 aliphatic rings. The summed E-state index contributed by atoms with van der Waals surface area (Å²) in [5.41, 5.74) is 3.47. The van der Waals surface area contributed by atoms with Crippen molar-refractivity contribution in [2.75, 3.05) is 0 Å². The molecule has 6 nitrogen and oxygen atoms in total. The van der Waals surface area contributed by atoms with Crippen molar-refractivity contribution in [3.8, 4) is 34.2 Å². The third-order valence-electron chi connectivity index (χ3n) is 5.56. The van der Waals surface area contributed by atoms with E-state index in [9.17, 15) is 0 Å². The zero-order chi connectivity index (χ0) is 25.2. The SMILES string of the molecule is Cn1ccnc1-c1ccccc1.Cn1ccnc1-c1ccccc1.Cn1ccnc1-c1ccccc1.[Ir]. The van der Waals surface area contributed by atoms with E-state index in [1.54, 1.807) is 0 Å². The van der Waals surface area contributed by atoms with Gasteiger partial charge < -0.3 is 13.7 Å². The van der Waals surface area contributed by atoms with Crippen molar-refractivity contribution >= 4 is 0 Å². The second-order valence-corrected chi connectivity index (χ2v) is 8.18. The molecule has 6 aromatic rings. The van der Waals surface area contributed by atoms with E-state index in [-0.39, 0.29) is 20.1 Å². The van der Waals surface area contributed by atoms with Crippen molar-refractivity contribution in [2.45, 2.75) is 0 Å². The number of imidazole rings is 3. The molecule has 3 aromatic carbocycles. The predicted octanol–water partition coefficient (Wildman–Crippen LogP) is 6.26. The maximum atomic E-state index is 4.25. The van der Waals surface area contributed by atoms with Gasteiger partial charge in [0.15, 0.2) is 0 Å². The van der Waals surface area contributed by atoms with Crippen molar-refractivity contribution < 1.29 is 20.1 Å². The van der Waals surface area contributed by atoms with Gasteiger partial charge in [0.2, 0.25) is 0 Å². The Kier molecular flexibility index (Phi) is 10.3. The molecule has 0 saturated heterocycles. The van der Waals surface area contributed by atoms with E-state index in [0.29, 0.717) is 0 Å². The zero-order valence-corrected chi connectivity index (χ0v) is 23.5. The van der Waals surface area contributed by atoms with E-state index < -0.39 is 0 Å². The van der Waals surface area contributed by atoms with Crippen LogP contribution in [-0.2, 0) is 41.2 Å². The van der Waals surface area contributed by atoms with Gasteiger partial charge in [0, 0.05) is 95.1 Å². The normalized spacial score (nSPS) is 9.81. The number of nitrogens with zero attached hydrogens (tertiary/aromatic N) is 6. The summed E-state index contributed by atoms with van der Waals surface area (Å²) >= 11 is 0. The predicted molar refractivity (Wildman–Crippen MR) is 146 cm³/mol. The topological polar surface area (TPSA) is 53.5 Å². The Balaban J connectivity index is 0.000000152. The number of aromatic nitrogens is 6. The van der Waals surface area contributed by atoms with E-state index >= 15 is 0 Å². The van der Waals surface area contributed by atoms with E-state index in [2.05, 4.69) is 51.4 Å². The Morgan fingerprint density at radius 1 is 0.405 bits per heavy atom. The third kappa shape index (κ3) is 7.46. The van der Waals surface area contributed by atoms with Crippen LogP contribution in [0.25, 0.3) is 34.2 Å². The van der Waals surface area contributed by atoms with Crippen LogP contribution in [0.15, 0.2) is 128 Å². The molecule has 6 rings (SSSR count). The van der Waals surface area contributed by atoms with Crippen LogP contribution in [-0.4, -0.2) is 28.7 Å². The Labute approximate surface area is 231 Å². The van der Waals surface area contributed by atoms with Crippen LogP contribution in [0.4, 0.5) is 0 Å². The van der Waals surface area contributed by atoms with Crippen molar-refractivity contribution in [1.29, 1.82) is 0 Å². The molecule has 3 aromatic heterocycles. The average molecular weight is 667 g/mol. The van der Waals surface area contributed by atoms with Gasteiger partial charge in [-0.05, 0) is 0 Å². The first-order valence-corrected chi connectivity index (χ1v) is 11.7. The van der Waals surface area contributed by atoms with Crippen LogP contribution in [0.1, 0.15) is 0 Å². The Bertz CT molecular complexity index is 1270. The second-order valence-electron chi connectivity index (χ2n) is 8.18. The number of hydrogen-bond acceptors (Lipinski definition) is 3. The summed E-state index contributed by atoms with van der Waals surface area (Å²) in [5, 5.41) is 0. The van der Waals surface area contributed by atoms with Crippen molar-refractivity contribution in [2.24, 2.45) is 21.1 Å². The van der Waals surface area contributed by atoms with Crippen LogP contribution >= 0.6 is 0 Å². The molecule has 1 radical (unpaired) electrons. The Morgan fingerprint density at radius 2 is 0.649 bits per heavy atom. The number of hydrogen-bond donors (Lipinski definition) is 0. The van der Waals surface area contributed by atoms with E-state index in [4.69, 9.17) is 0 Å². The van der Waals surface area contributed by atoms with Gasteiger partial charge in [0.05, 0.1) is 0 Å². The molecule has 37 heavy (non-hydrogen) atoms. The monoisotopic (exact) mass is 667 g/mol. The first-order valence-electron chi connectivity index (χ1n) is 11.7. The minimum absolute atomic E-state index is 0. The summed E-state index contributed by atoms with van der Waals surface area (Å²) in [6.45, 7) is 0. The quantitative estimate of drug-likeness (QED) is 0.224. The minimum Gasteiger partial charge on any atom is -0.334 e. The van der Waals surface area contributed by atoms with Crippen molar-refractivity contribution in [3.05, 3.63) is 128 Å². The first kappa shape index (κ1) is 27.5. The molecule has 0 fully saturated rings. The maximum absolute atomic E-state index is 4.25. The molecule has 0 aliphatic carbocycles. The summed E-state index contributed by atoms with van der Waals surface area (Å²) in [6.07, 6.45) is 11.3. The van der Waals surface area contributed by atoms with Crippen LogP contribution in [0, 0.1) is 0 Å². The molecule has 7 heteroatoms. The molecular formula is C30H30IrN6. The Morgan fingerprint density at radius 3 is 0.838 bits per heavy atom.